The third-order valence-corrected chi connectivity index (χ3v) is 2.63. The molecule has 0 atom stereocenters. The number of hydrogen-bond acceptors (Lipinski definition) is 3. The molecule has 0 aliphatic carbocycles. The van der Waals surface area contributed by atoms with Gasteiger partial charge in [-0.2, -0.15) is 0 Å². The summed E-state index contributed by atoms with van der Waals surface area (Å²) in [6.07, 6.45) is 2.45. The molecule has 1 N–H and O–H groups in total. The molecule has 4 heteroatoms. The highest BCUT2D eigenvalue weighted by Gasteiger charge is 2.19. The van der Waals surface area contributed by atoms with Crippen molar-refractivity contribution in [2.45, 2.75) is 18.9 Å². The maximum atomic E-state index is 8.61. The minimum Gasteiger partial charge on any atom is -0.394 e. The maximum Gasteiger partial charge on any atom is 0.0701 e. The summed E-state index contributed by atoms with van der Waals surface area (Å²) in [4.78, 5) is 2.36. The molecule has 1 fully saturated rings. The van der Waals surface area contributed by atoms with Crippen LogP contribution in [0.25, 0.3) is 0 Å². The summed E-state index contributed by atoms with van der Waals surface area (Å²) < 4.78 is 6.51. The summed E-state index contributed by atoms with van der Waals surface area (Å²) in [6.45, 7) is 7.46. The van der Waals surface area contributed by atoms with Crippen molar-refractivity contribution in [3.8, 4) is 0 Å². The third kappa shape index (κ3) is 4.55. The minimum atomic E-state index is 0.123. The van der Waals surface area contributed by atoms with Gasteiger partial charge in [-0.05, 0) is 12.8 Å². The molecule has 0 amide bonds. The fourth-order valence-electron chi connectivity index (χ4n) is 1.70. The Morgan fingerprint density at radius 3 is 2.64 bits per heavy atom. The van der Waals surface area contributed by atoms with Crippen LogP contribution in [0.2, 0.25) is 0 Å². The quantitative estimate of drug-likeness (QED) is 0.814. The van der Waals surface area contributed by atoms with Gasteiger partial charge in [0.15, 0.2) is 0 Å². The molecule has 1 saturated heterocycles. The Hall–Kier alpha value is 0.1000. The Balaban J connectivity index is 2.14. The van der Waals surface area contributed by atoms with Crippen molar-refractivity contribution in [3.05, 3.63) is 11.1 Å². The van der Waals surface area contributed by atoms with E-state index in [9.17, 15) is 0 Å². The molecule has 0 radical (unpaired) electrons. The Morgan fingerprint density at radius 2 is 2.14 bits per heavy atom. The highest BCUT2D eigenvalue weighted by molar-refractivity contribution is 9.11. The van der Waals surface area contributed by atoms with Gasteiger partial charge in [0.25, 0.3) is 0 Å². The molecule has 0 aromatic carbocycles. The van der Waals surface area contributed by atoms with Gasteiger partial charge >= 0.3 is 0 Å². The molecule has 0 spiro atoms. The van der Waals surface area contributed by atoms with E-state index in [-0.39, 0.29) is 6.61 Å². The third-order valence-electron chi connectivity index (χ3n) is 2.37. The molecular formula is C10H18BrNO2. The molecule has 0 unspecified atom stereocenters. The summed E-state index contributed by atoms with van der Waals surface area (Å²) in [5, 5.41) is 8.61. The molecule has 82 valence electrons. The van der Waals surface area contributed by atoms with Crippen molar-refractivity contribution < 1.29 is 9.84 Å². The van der Waals surface area contributed by atoms with Crippen molar-refractivity contribution in [3.63, 3.8) is 0 Å². The first-order valence-corrected chi connectivity index (χ1v) is 5.79. The van der Waals surface area contributed by atoms with Crippen LogP contribution in [-0.2, 0) is 4.74 Å². The topological polar surface area (TPSA) is 32.7 Å². The largest absolute Gasteiger partial charge is 0.394 e. The Bertz CT molecular complexity index is 179. The second-order valence-electron chi connectivity index (χ2n) is 3.59. The molecule has 14 heavy (non-hydrogen) atoms. The van der Waals surface area contributed by atoms with Gasteiger partial charge in [0.1, 0.15) is 0 Å². The van der Waals surface area contributed by atoms with Crippen LogP contribution in [0.5, 0.6) is 0 Å². The van der Waals surface area contributed by atoms with Crippen molar-refractivity contribution in [2.75, 3.05) is 32.8 Å². The van der Waals surface area contributed by atoms with Gasteiger partial charge in [-0.25, -0.2) is 0 Å². The smallest absolute Gasteiger partial charge is 0.0701 e. The molecule has 1 rings (SSSR count). The normalized spacial score (nSPS) is 19.9. The zero-order chi connectivity index (χ0) is 10.4. The van der Waals surface area contributed by atoms with Gasteiger partial charge < -0.3 is 9.84 Å². The highest BCUT2D eigenvalue weighted by Crippen LogP contribution is 2.15. The van der Waals surface area contributed by atoms with Crippen LogP contribution in [0.3, 0.4) is 0 Å². The number of aliphatic hydroxyl groups is 1. The predicted octanol–water partition coefficient (Wildman–Crippen LogP) is 1.37. The first-order valence-electron chi connectivity index (χ1n) is 5.00. The standard InChI is InChI=1S/C10H18BrNO2/c1-9(11)8-12-4-2-10(3-5-12)14-7-6-13/h10,13H,1-8H2. The molecule has 0 bridgehead atoms. The van der Waals surface area contributed by atoms with E-state index in [0.29, 0.717) is 12.7 Å². The van der Waals surface area contributed by atoms with Gasteiger partial charge in [0.2, 0.25) is 0 Å². The molecule has 0 saturated carbocycles. The second kappa shape index (κ2) is 6.56. The van der Waals surface area contributed by atoms with E-state index in [1.54, 1.807) is 0 Å². The fourth-order valence-corrected chi connectivity index (χ4v) is 2.05. The monoisotopic (exact) mass is 263 g/mol. The van der Waals surface area contributed by atoms with Crippen LogP contribution < -0.4 is 0 Å². The first-order chi connectivity index (χ1) is 6.72. The minimum absolute atomic E-state index is 0.123. The molecule has 0 aromatic rings. The lowest BCUT2D eigenvalue weighted by molar-refractivity contribution is -0.00598. The first kappa shape index (κ1) is 12.2. The van der Waals surface area contributed by atoms with E-state index in [4.69, 9.17) is 9.84 Å². The van der Waals surface area contributed by atoms with E-state index in [0.717, 1.165) is 37.0 Å². The van der Waals surface area contributed by atoms with Gasteiger partial charge in [-0.1, -0.05) is 22.5 Å². The van der Waals surface area contributed by atoms with Crippen LogP contribution in [0.4, 0.5) is 0 Å². The molecular weight excluding hydrogens is 246 g/mol. The molecule has 1 aliphatic rings. The van der Waals surface area contributed by atoms with Crippen molar-refractivity contribution >= 4 is 15.9 Å². The van der Waals surface area contributed by atoms with Crippen LogP contribution >= 0.6 is 15.9 Å². The lowest BCUT2D eigenvalue weighted by atomic mass is 10.1. The van der Waals surface area contributed by atoms with Crippen LogP contribution in [-0.4, -0.2) is 49.0 Å². The number of halogens is 1. The number of rotatable bonds is 5. The van der Waals surface area contributed by atoms with Crippen molar-refractivity contribution in [1.82, 2.24) is 4.90 Å². The number of hydrogen-bond donors (Lipinski definition) is 1. The second-order valence-corrected chi connectivity index (χ2v) is 4.71. The Kier molecular flexibility index (Phi) is 5.70. The van der Waals surface area contributed by atoms with Gasteiger partial charge in [-0.15, -0.1) is 0 Å². The summed E-state index contributed by atoms with van der Waals surface area (Å²) in [5.41, 5.74) is 0. The maximum absolute atomic E-state index is 8.61. The van der Waals surface area contributed by atoms with Gasteiger partial charge in [-0.3, -0.25) is 4.90 Å². The fraction of sp³-hybridized carbons (Fsp3) is 0.800. The average molecular weight is 264 g/mol. The van der Waals surface area contributed by atoms with Crippen molar-refractivity contribution in [1.29, 1.82) is 0 Å². The van der Waals surface area contributed by atoms with E-state index in [1.807, 2.05) is 0 Å². The van der Waals surface area contributed by atoms with E-state index < -0.39 is 0 Å². The lowest BCUT2D eigenvalue weighted by Gasteiger charge is -2.31. The molecule has 0 aromatic heterocycles. The number of ether oxygens (including phenoxy) is 1. The highest BCUT2D eigenvalue weighted by atomic mass is 79.9. The van der Waals surface area contributed by atoms with Crippen LogP contribution in [0.1, 0.15) is 12.8 Å². The SMILES string of the molecule is C=C(Br)CN1CCC(OCCO)CC1. The summed E-state index contributed by atoms with van der Waals surface area (Å²) in [6, 6.07) is 0. The number of nitrogens with zero attached hydrogens (tertiary/aromatic N) is 1. The average Bonchev–Trinajstić information content (AvgIpc) is 2.16. The van der Waals surface area contributed by atoms with Crippen LogP contribution in [0, 0.1) is 0 Å². The zero-order valence-corrected chi connectivity index (χ0v) is 10.0. The zero-order valence-electron chi connectivity index (χ0n) is 8.41. The summed E-state index contributed by atoms with van der Waals surface area (Å²) >= 11 is 3.37. The Labute approximate surface area is 93.9 Å². The van der Waals surface area contributed by atoms with E-state index in [1.165, 1.54) is 0 Å². The molecule has 1 heterocycles. The van der Waals surface area contributed by atoms with E-state index >= 15 is 0 Å². The van der Waals surface area contributed by atoms with E-state index in [2.05, 4.69) is 27.4 Å². The molecule has 1 aliphatic heterocycles. The predicted molar refractivity (Wildman–Crippen MR) is 60.6 cm³/mol. The molecule has 3 nitrogen and oxygen atoms in total. The number of likely N-dealkylation sites (tertiary alicyclic amines) is 1. The summed E-state index contributed by atoms with van der Waals surface area (Å²) in [7, 11) is 0. The van der Waals surface area contributed by atoms with Crippen molar-refractivity contribution in [2.24, 2.45) is 0 Å². The van der Waals surface area contributed by atoms with Crippen LogP contribution in [0.15, 0.2) is 11.1 Å². The van der Waals surface area contributed by atoms with Gasteiger partial charge in [0, 0.05) is 24.1 Å². The lowest BCUT2D eigenvalue weighted by Crippen LogP contribution is -2.37. The number of aliphatic hydroxyl groups excluding tert-OH is 1. The number of piperidine rings is 1. The van der Waals surface area contributed by atoms with Gasteiger partial charge in [0.05, 0.1) is 19.3 Å². The summed E-state index contributed by atoms with van der Waals surface area (Å²) in [5.74, 6) is 0. The Morgan fingerprint density at radius 1 is 1.50 bits per heavy atom.